The molecule has 1 aromatic carbocycles. The van der Waals surface area contributed by atoms with E-state index in [4.69, 9.17) is 9.47 Å². The minimum absolute atomic E-state index is 0.104. The first-order valence-corrected chi connectivity index (χ1v) is 8.87. The van der Waals surface area contributed by atoms with Crippen molar-refractivity contribution >= 4 is 17.7 Å². The van der Waals surface area contributed by atoms with Crippen LogP contribution in [0.15, 0.2) is 36.5 Å². The summed E-state index contributed by atoms with van der Waals surface area (Å²) in [4.78, 5) is 28.0. The molecule has 0 saturated carbocycles. The second-order valence-corrected chi connectivity index (χ2v) is 7.24. The second kappa shape index (κ2) is 8.66. The summed E-state index contributed by atoms with van der Waals surface area (Å²) >= 11 is 0. The first kappa shape index (κ1) is 20.4. The lowest BCUT2D eigenvalue weighted by Gasteiger charge is -2.23. The third-order valence-electron chi connectivity index (χ3n) is 3.84. The number of amides is 1. The van der Waals surface area contributed by atoms with Crippen LogP contribution in [-0.4, -0.2) is 30.1 Å². The highest BCUT2D eigenvalue weighted by Gasteiger charge is 2.20. The van der Waals surface area contributed by atoms with Crippen LogP contribution in [0.25, 0.3) is 0 Å². The Kier molecular flexibility index (Phi) is 6.55. The van der Waals surface area contributed by atoms with Crippen molar-refractivity contribution in [3.63, 3.8) is 0 Å². The number of nitrogens with one attached hydrogen (secondary N) is 1. The number of aromatic nitrogens is 1. The largest absolute Gasteiger partial charge is 0.483 e. The molecule has 1 amide bonds. The van der Waals surface area contributed by atoms with Crippen LogP contribution in [0.4, 0.5) is 5.82 Å². The van der Waals surface area contributed by atoms with Crippen LogP contribution in [0, 0.1) is 6.92 Å². The molecule has 0 radical (unpaired) electrons. The van der Waals surface area contributed by atoms with Crippen molar-refractivity contribution in [2.24, 2.45) is 0 Å². The molecule has 144 valence electrons. The fraction of sp³-hybridized carbons (Fsp3) is 0.381. The number of pyridine rings is 1. The van der Waals surface area contributed by atoms with Gasteiger partial charge in [-0.25, -0.2) is 9.78 Å². The van der Waals surface area contributed by atoms with Crippen molar-refractivity contribution in [3.8, 4) is 5.75 Å². The summed E-state index contributed by atoms with van der Waals surface area (Å²) in [5.74, 6) is 0.135. The Hall–Kier alpha value is -2.89. The van der Waals surface area contributed by atoms with Crippen LogP contribution >= 0.6 is 0 Å². The van der Waals surface area contributed by atoms with E-state index in [1.165, 1.54) is 18.3 Å². The Morgan fingerprint density at radius 1 is 1.15 bits per heavy atom. The van der Waals surface area contributed by atoms with Crippen LogP contribution < -0.4 is 10.1 Å². The molecule has 0 bridgehead atoms. The molecule has 1 heterocycles. The summed E-state index contributed by atoms with van der Waals surface area (Å²) in [7, 11) is 0. The third-order valence-corrected chi connectivity index (χ3v) is 3.84. The number of carbonyl (C=O) groups excluding carboxylic acids is 2. The average molecular weight is 370 g/mol. The Bertz CT molecular complexity index is 825. The topological polar surface area (TPSA) is 77.5 Å². The number of hydrogen-bond acceptors (Lipinski definition) is 5. The molecule has 2 aromatic rings. The van der Waals surface area contributed by atoms with Crippen molar-refractivity contribution in [3.05, 3.63) is 53.2 Å². The van der Waals surface area contributed by atoms with E-state index in [0.717, 1.165) is 11.1 Å². The second-order valence-electron chi connectivity index (χ2n) is 7.24. The SMILES string of the molecule is CCOC(=O)c1ccnc(NC(=O)COc2ccc(C)cc2C(C)(C)C)c1. The molecule has 0 aliphatic carbocycles. The fourth-order valence-electron chi connectivity index (χ4n) is 2.52. The van der Waals surface area contributed by atoms with Gasteiger partial charge in [0.1, 0.15) is 11.6 Å². The van der Waals surface area contributed by atoms with Crippen LogP contribution in [-0.2, 0) is 14.9 Å². The van der Waals surface area contributed by atoms with Crippen molar-refractivity contribution < 1.29 is 19.1 Å². The first-order valence-electron chi connectivity index (χ1n) is 8.87. The number of ether oxygens (including phenoxy) is 2. The lowest BCUT2D eigenvalue weighted by Crippen LogP contribution is -2.22. The van der Waals surface area contributed by atoms with Gasteiger partial charge >= 0.3 is 5.97 Å². The van der Waals surface area contributed by atoms with Crippen LogP contribution in [0.2, 0.25) is 0 Å². The first-order chi connectivity index (χ1) is 12.7. The van der Waals surface area contributed by atoms with E-state index in [-0.39, 0.29) is 30.4 Å². The van der Waals surface area contributed by atoms with Crippen LogP contribution in [0.3, 0.4) is 0 Å². The van der Waals surface area contributed by atoms with Gasteiger partial charge in [-0.3, -0.25) is 4.79 Å². The molecule has 0 aliphatic rings. The van der Waals surface area contributed by atoms with Gasteiger partial charge < -0.3 is 14.8 Å². The molecule has 0 saturated heterocycles. The Labute approximate surface area is 159 Å². The number of benzene rings is 1. The zero-order valence-electron chi connectivity index (χ0n) is 16.5. The van der Waals surface area contributed by atoms with E-state index in [1.54, 1.807) is 6.92 Å². The molecular weight excluding hydrogens is 344 g/mol. The quantitative estimate of drug-likeness (QED) is 0.781. The molecule has 6 heteroatoms. The van der Waals surface area contributed by atoms with Gasteiger partial charge in [-0.2, -0.15) is 0 Å². The van der Waals surface area contributed by atoms with Gasteiger partial charge in [-0.05, 0) is 43.0 Å². The summed E-state index contributed by atoms with van der Waals surface area (Å²) < 4.78 is 10.7. The highest BCUT2D eigenvalue weighted by molar-refractivity contribution is 5.94. The van der Waals surface area contributed by atoms with Gasteiger partial charge in [-0.15, -0.1) is 0 Å². The maximum absolute atomic E-state index is 12.2. The number of rotatable bonds is 6. The number of aryl methyl sites for hydroxylation is 1. The summed E-state index contributed by atoms with van der Waals surface area (Å²) in [5, 5.41) is 2.64. The number of carbonyl (C=O) groups is 2. The van der Waals surface area contributed by atoms with E-state index in [0.29, 0.717) is 11.3 Å². The predicted molar refractivity (Wildman–Crippen MR) is 104 cm³/mol. The van der Waals surface area contributed by atoms with Gasteiger partial charge in [0.2, 0.25) is 0 Å². The number of esters is 1. The van der Waals surface area contributed by atoms with E-state index in [9.17, 15) is 9.59 Å². The molecule has 6 nitrogen and oxygen atoms in total. The fourth-order valence-corrected chi connectivity index (χ4v) is 2.52. The Morgan fingerprint density at radius 3 is 2.56 bits per heavy atom. The smallest absolute Gasteiger partial charge is 0.338 e. The normalized spacial score (nSPS) is 11.0. The maximum atomic E-state index is 12.2. The highest BCUT2D eigenvalue weighted by Crippen LogP contribution is 2.32. The summed E-state index contributed by atoms with van der Waals surface area (Å²) in [6, 6.07) is 8.90. The van der Waals surface area contributed by atoms with Crippen LogP contribution in [0.5, 0.6) is 5.75 Å². The number of hydrogen-bond donors (Lipinski definition) is 1. The molecule has 1 N–H and O–H groups in total. The van der Waals surface area contributed by atoms with Crippen molar-refractivity contribution in [2.75, 3.05) is 18.5 Å². The molecule has 0 unspecified atom stereocenters. The predicted octanol–water partition coefficient (Wildman–Crippen LogP) is 3.88. The van der Waals surface area contributed by atoms with E-state index >= 15 is 0 Å². The average Bonchev–Trinajstić information content (AvgIpc) is 2.60. The molecular formula is C21H26N2O4. The van der Waals surface area contributed by atoms with Gasteiger partial charge in [0, 0.05) is 6.20 Å². The molecule has 0 spiro atoms. The van der Waals surface area contributed by atoms with Gasteiger partial charge in [0.25, 0.3) is 5.91 Å². The van der Waals surface area contributed by atoms with Gasteiger partial charge in [0.05, 0.1) is 12.2 Å². The molecule has 1 aromatic heterocycles. The molecule has 0 fully saturated rings. The van der Waals surface area contributed by atoms with E-state index in [2.05, 4.69) is 37.1 Å². The standard InChI is InChI=1S/C21H26N2O4/c1-6-26-20(25)15-9-10-22-18(12-15)23-19(24)13-27-17-8-7-14(2)11-16(17)21(3,4)5/h7-12H,6,13H2,1-5H3,(H,22,23,24). The molecule has 27 heavy (non-hydrogen) atoms. The van der Waals surface area contributed by atoms with Crippen molar-refractivity contribution in [2.45, 2.75) is 40.0 Å². The molecule has 0 atom stereocenters. The monoisotopic (exact) mass is 370 g/mol. The van der Waals surface area contributed by atoms with Gasteiger partial charge in [-0.1, -0.05) is 38.5 Å². The Morgan fingerprint density at radius 2 is 1.89 bits per heavy atom. The summed E-state index contributed by atoms with van der Waals surface area (Å²) in [6.07, 6.45) is 1.44. The van der Waals surface area contributed by atoms with Crippen molar-refractivity contribution in [1.82, 2.24) is 4.98 Å². The third kappa shape index (κ3) is 5.81. The minimum atomic E-state index is -0.457. The molecule has 2 rings (SSSR count). The van der Waals surface area contributed by atoms with Gasteiger partial charge in [0.15, 0.2) is 6.61 Å². The van der Waals surface area contributed by atoms with Crippen molar-refractivity contribution in [1.29, 1.82) is 0 Å². The lowest BCUT2D eigenvalue weighted by molar-refractivity contribution is -0.118. The number of anilines is 1. The van der Waals surface area contributed by atoms with E-state index < -0.39 is 5.97 Å². The van der Waals surface area contributed by atoms with E-state index in [1.807, 2.05) is 19.1 Å². The summed E-state index contributed by atoms with van der Waals surface area (Å²) in [5.41, 5.74) is 2.40. The van der Waals surface area contributed by atoms with Crippen LogP contribution in [0.1, 0.15) is 49.2 Å². The lowest BCUT2D eigenvalue weighted by atomic mass is 9.85. The highest BCUT2D eigenvalue weighted by atomic mass is 16.5. The zero-order chi connectivity index (χ0) is 20.0. The minimum Gasteiger partial charge on any atom is -0.483 e. The molecule has 0 aliphatic heterocycles. The number of nitrogens with zero attached hydrogens (tertiary/aromatic N) is 1. The maximum Gasteiger partial charge on any atom is 0.338 e. The Balaban J connectivity index is 2.04. The zero-order valence-corrected chi connectivity index (χ0v) is 16.5. The summed E-state index contributed by atoms with van der Waals surface area (Å²) in [6.45, 7) is 10.2.